The number of ether oxygens (including phenoxy) is 2. The summed E-state index contributed by atoms with van der Waals surface area (Å²) < 4.78 is 10.8. The van der Waals surface area contributed by atoms with E-state index in [1.807, 2.05) is 65.6 Å². The molecule has 0 saturated carbocycles. The van der Waals surface area contributed by atoms with Crippen LogP contribution in [0.2, 0.25) is 0 Å². The Hall–Kier alpha value is -3.86. The average Bonchev–Trinajstić information content (AvgIpc) is 3.29. The van der Waals surface area contributed by atoms with E-state index in [1.54, 1.807) is 30.5 Å². The van der Waals surface area contributed by atoms with Gasteiger partial charge in [-0.1, -0.05) is 60.7 Å². The summed E-state index contributed by atoms with van der Waals surface area (Å²) in [7, 11) is 0. The van der Waals surface area contributed by atoms with E-state index in [4.69, 9.17) is 9.47 Å². The van der Waals surface area contributed by atoms with Crippen LogP contribution in [-0.2, 0) is 9.59 Å². The molecule has 0 N–H and O–H groups in total. The second kappa shape index (κ2) is 9.76. The number of rotatable bonds is 6. The number of esters is 2. The first-order chi connectivity index (χ1) is 15.2. The van der Waals surface area contributed by atoms with Crippen molar-refractivity contribution in [2.45, 2.75) is 6.42 Å². The minimum absolute atomic E-state index is 0.216. The summed E-state index contributed by atoms with van der Waals surface area (Å²) in [4.78, 5) is 26.4. The molecule has 31 heavy (non-hydrogen) atoms. The molecule has 3 aromatic carbocycles. The Morgan fingerprint density at radius 1 is 0.774 bits per heavy atom. The first-order valence-corrected chi connectivity index (χ1v) is 10.2. The van der Waals surface area contributed by atoms with Gasteiger partial charge in [-0.2, -0.15) is 0 Å². The van der Waals surface area contributed by atoms with Gasteiger partial charge >= 0.3 is 11.9 Å². The molecule has 1 fully saturated rings. The standard InChI is InChI=1S/C26H23NO4/c28-25(30-24-13-11-21(12-14-24)20-7-3-1-4-8-20)16-18-27-17-15-22(19-27)26(29)31-23-9-5-2-6-10-23/h1-14,16,18,22H,15,17,19H2/b18-16-. The van der Waals surface area contributed by atoms with Gasteiger partial charge in [-0.25, -0.2) is 4.79 Å². The average molecular weight is 413 g/mol. The summed E-state index contributed by atoms with van der Waals surface area (Å²) in [5.41, 5.74) is 2.16. The van der Waals surface area contributed by atoms with Crippen LogP contribution in [0.3, 0.4) is 0 Å². The van der Waals surface area contributed by atoms with Crippen LogP contribution in [-0.4, -0.2) is 29.9 Å². The maximum absolute atomic E-state index is 12.3. The van der Waals surface area contributed by atoms with Crippen molar-refractivity contribution in [1.82, 2.24) is 4.90 Å². The van der Waals surface area contributed by atoms with Crippen molar-refractivity contribution in [1.29, 1.82) is 0 Å². The van der Waals surface area contributed by atoms with E-state index < -0.39 is 5.97 Å². The van der Waals surface area contributed by atoms with Gasteiger partial charge in [-0.05, 0) is 41.8 Å². The monoisotopic (exact) mass is 413 g/mol. The number of nitrogens with zero attached hydrogens (tertiary/aromatic N) is 1. The molecule has 1 unspecified atom stereocenters. The number of benzene rings is 3. The molecule has 0 spiro atoms. The van der Waals surface area contributed by atoms with Gasteiger partial charge < -0.3 is 14.4 Å². The highest BCUT2D eigenvalue weighted by molar-refractivity contribution is 5.84. The van der Waals surface area contributed by atoms with E-state index in [0.717, 1.165) is 11.1 Å². The van der Waals surface area contributed by atoms with E-state index in [0.29, 0.717) is 31.0 Å². The van der Waals surface area contributed by atoms with Crippen LogP contribution in [0.25, 0.3) is 11.1 Å². The highest BCUT2D eigenvalue weighted by atomic mass is 16.5. The smallest absolute Gasteiger partial charge is 0.337 e. The maximum Gasteiger partial charge on any atom is 0.337 e. The lowest BCUT2D eigenvalue weighted by atomic mass is 10.1. The number of carbonyl (C=O) groups excluding carboxylic acids is 2. The van der Waals surface area contributed by atoms with E-state index in [9.17, 15) is 9.59 Å². The van der Waals surface area contributed by atoms with Gasteiger partial charge in [0.15, 0.2) is 0 Å². The minimum Gasteiger partial charge on any atom is -0.426 e. The first-order valence-electron chi connectivity index (χ1n) is 10.2. The number of likely N-dealkylation sites (tertiary alicyclic amines) is 1. The topological polar surface area (TPSA) is 55.8 Å². The summed E-state index contributed by atoms with van der Waals surface area (Å²) >= 11 is 0. The summed E-state index contributed by atoms with van der Waals surface area (Å²) in [5.74, 6) is 0.112. The third kappa shape index (κ3) is 5.60. The minimum atomic E-state index is -0.456. The van der Waals surface area contributed by atoms with Crippen molar-refractivity contribution in [2.24, 2.45) is 5.92 Å². The molecular weight excluding hydrogens is 390 g/mol. The molecule has 1 aliphatic rings. The Morgan fingerprint density at radius 3 is 2.10 bits per heavy atom. The quantitative estimate of drug-likeness (QED) is 0.333. The summed E-state index contributed by atoms with van der Waals surface area (Å²) in [6, 6.07) is 26.4. The molecule has 1 saturated heterocycles. The Kier molecular flexibility index (Phi) is 6.43. The number of hydrogen-bond donors (Lipinski definition) is 0. The molecule has 3 aromatic rings. The summed E-state index contributed by atoms with van der Waals surface area (Å²) in [5, 5.41) is 0. The van der Waals surface area contributed by atoms with Gasteiger partial charge in [0, 0.05) is 25.4 Å². The van der Waals surface area contributed by atoms with Crippen LogP contribution in [0.15, 0.2) is 97.2 Å². The molecule has 0 bridgehead atoms. The molecule has 0 amide bonds. The fourth-order valence-electron chi connectivity index (χ4n) is 3.47. The highest BCUT2D eigenvalue weighted by Crippen LogP contribution is 2.23. The Labute approximate surface area is 181 Å². The van der Waals surface area contributed by atoms with Crippen LogP contribution in [0.4, 0.5) is 0 Å². The second-order valence-electron chi connectivity index (χ2n) is 7.34. The second-order valence-corrected chi connectivity index (χ2v) is 7.34. The lowest BCUT2D eigenvalue weighted by molar-refractivity contribution is -0.138. The van der Waals surface area contributed by atoms with Gasteiger partial charge in [0.2, 0.25) is 0 Å². The molecule has 0 aromatic heterocycles. The predicted molar refractivity (Wildman–Crippen MR) is 118 cm³/mol. The van der Waals surface area contributed by atoms with Crippen LogP contribution in [0, 0.1) is 5.92 Å². The molecule has 5 nitrogen and oxygen atoms in total. The zero-order valence-corrected chi connectivity index (χ0v) is 17.0. The van der Waals surface area contributed by atoms with Crippen molar-refractivity contribution < 1.29 is 19.1 Å². The van der Waals surface area contributed by atoms with Crippen molar-refractivity contribution >= 4 is 11.9 Å². The van der Waals surface area contributed by atoms with Gasteiger partial charge in [-0.15, -0.1) is 0 Å². The van der Waals surface area contributed by atoms with Crippen molar-refractivity contribution in [2.75, 3.05) is 13.1 Å². The molecular formula is C26H23NO4. The third-order valence-electron chi connectivity index (χ3n) is 5.12. The molecule has 0 radical (unpaired) electrons. The Bertz CT molecular complexity index is 1050. The fraction of sp³-hybridized carbons (Fsp3) is 0.154. The number of hydrogen-bond acceptors (Lipinski definition) is 5. The molecule has 1 heterocycles. The van der Waals surface area contributed by atoms with Gasteiger partial charge in [-0.3, -0.25) is 4.79 Å². The van der Waals surface area contributed by atoms with Crippen molar-refractivity contribution in [3.8, 4) is 22.6 Å². The summed E-state index contributed by atoms with van der Waals surface area (Å²) in [6.07, 6.45) is 3.75. The van der Waals surface area contributed by atoms with E-state index in [-0.39, 0.29) is 11.9 Å². The van der Waals surface area contributed by atoms with E-state index in [2.05, 4.69) is 0 Å². The van der Waals surface area contributed by atoms with Crippen LogP contribution in [0.5, 0.6) is 11.5 Å². The number of para-hydroxylation sites is 1. The number of carbonyl (C=O) groups is 2. The van der Waals surface area contributed by atoms with Crippen molar-refractivity contribution in [3.05, 3.63) is 97.2 Å². The molecule has 0 aliphatic carbocycles. The SMILES string of the molecule is O=C(/C=C\N1CCC(C(=O)Oc2ccccc2)C1)Oc1ccc(-c2ccccc2)cc1. The van der Waals surface area contributed by atoms with Gasteiger partial charge in [0.1, 0.15) is 11.5 Å². The van der Waals surface area contributed by atoms with Crippen molar-refractivity contribution in [3.63, 3.8) is 0 Å². The van der Waals surface area contributed by atoms with E-state index in [1.165, 1.54) is 6.08 Å². The fourth-order valence-corrected chi connectivity index (χ4v) is 3.47. The zero-order valence-electron chi connectivity index (χ0n) is 17.0. The van der Waals surface area contributed by atoms with Crippen LogP contribution >= 0.6 is 0 Å². The molecule has 1 atom stereocenters. The molecule has 5 heteroatoms. The highest BCUT2D eigenvalue weighted by Gasteiger charge is 2.28. The van der Waals surface area contributed by atoms with Crippen LogP contribution in [0.1, 0.15) is 6.42 Å². The summed E-state index contributed by atoms with van der Waals surface area (Å²) in [6.45, 7) is 1.20. The van der Waals surface area contributed by atoms with Crippen LogP contribution < -0.4 is 9.47 Å². The predicted octanol–water partition coefficient (Wildman–Crippen LogP) is 4.70. The molecule has 156 valence electrons. The lowest BCUT2D eigenvalue weighted by Crippen LogP contribution is -2.23. The third-order valence-corrected chi connectivity index (χ3v) is 5.12. The molecule has 1 aliphatic heterocycles. The van der Waals surface area contributed by atoms with Gasteiger partial charge in [0.25, 0.3) is 0 Å². The largest absolute Gasteiger partial charge is 0.426 e. The first kappa shape index (κ1) is 20.4. The maximum atomic E-state index is 12.3. The zero-order chi connectivity index (χ0) is 21.5. The molecule has 4 rings (SSSR count). The van der Waals surface area contributed by atoms with Gasteiger partial charge in [0.05, 0.1) is 5.92 Å². The lowest BCUT2D eigenvalue weighted by Gasteiger charge is -2.12. The Morgan fingerprint density at radius 2 is 1.39 bits per heavy atom. The normalized spacial score (nSPS) is 15.7. The Balaban J connectivity index is 1.26. The van der Waals surface area contributed by atoms with E-state index >= 15 is 0 Å².